The van der Waals surface area contributed by atoms with Gasteiger partial charge in [0.05, 0.1) is 10.9 Å². The highest BCUT2D eigenvalue weighted by atomic mass is 16.5. The maximum absolute atomic E-state index is 12.5. The number of carboxylic acid groups (broad SMARTS) is 1. The number of carbonyl (C=O) groups is 1. The molecule has 1 aromatic heterocycles. The third-order valence-electron chi connectivity index (χ3n) is 4.15. The largest absolute Gasteiger partial charge is 0.477 e. The molecule has 24 heavy (non-hydrogen) atoms. The third-order valence-corrected chi connectivity index (χ3v) is 4.15. The Kier molecular flexibility index (Phi) is 3.34. The summed E-state index contributed by atoms with van der Waals surface area (Å²) >= 11 is 0. The molecular weight excluding hydrogens is 306 g/mol. The van der Waals surface area contributed by atoms with Crippen LogP contribution in [-0.4, -0.2) is 15.6 Å². The molecule has 4 rings (SSSR count). The standard InChI is InChI=1S/C19H15NO4/c21-18-15-10-14(24-13-4-2-1-3-5-13)8-9-17(15)20(12-6-7-12)11-16(18)19(22)23/h1-5,8-12H,6-7H2,(H,22,23). The molecule has 3 aromatic rings. The van der Waals surface area contributed by atoms with Gasteiger partial charge in [0.1, 0.15) is 17.1 Å². The van der Waals surface area contributed by atoms with Crippen molar-refractivity contribution in [2.75, 3.05) is 0 Å². The Morgan fingerprint density at radius 2 is 1.83 bits per heavy atom. The molecule has 0 radical (unpaired) electrons. The molecule has 2 aromatic carbocycles. The molecule has 5 heteroatoms. The van der Waals surface area contributed by atoms with Crippen LogP contribution in [0.25, 0.3) is 10.9 Å². The van der Waals surface area contributed by atoms with Crippen LogP contribution in [-0.2, 0) is 0 Å². The molecule has 0 unspecified atom stereocenters. The quantitative estimate of drug-likeness (QED) is 0.793. The van der Waals surface area contributed by atoms with Crippen molar-refractivity contribution in [2.45, 2.75) is 18.9 Å². The van der Waals surface area contributed by atoms with Crippen molar-refractivity contribution in [2.24, 2.45) is 0 Å². The fourth-order valence-corrected chi connectivity index (χ4v) is 2.83. The minimum atomic E-state index is -1.20. The number of benzene rings is 2. The van der Waals surface area contributed by atoms with E-state index in [1.165, 1.54) is 6.20 Å². The highest BCUT2D eigenvalue weighted by Gasteiger charge is 2.26. The van der Waals surface area contributed by atoms with Gasteiger partial charge in [-0.1, -0.05) is 18.2 Å². The van der Waals surface area contributed by atoms with Gasteiger partial charge in [-0.3, -0.25) is 4.79 Å². The molecule has 1 aliphatic carbocycles. The summed E-state index contributed by atoms with van der Waals surface area (Å²) in [6.07, 6.45) is 3.46. The fraction of sp³-hybridized carbons (Fsp3) is 0.158. The lowest BCUT2D eigenvalue weighted by atomic mass is 10.1. The third kappa shape index (κ3) is 2.54. The normalized spacial score (nSPS) is 13.8. The number of pyridine rings is 1. The number of nitrogens with zero attached hydrogens (tertiary/aromatic N) is 1. The molecule has 0 bridgehead atoms. The van der Waals surface area contributed by atoms with E-state index >= 15 is 0 Å². The number of carboxylic acids is 1. The molecular formula is C19H15NO4. The van der Waals surface area contributed by atoms with E-state index in [9.17, 15) is 14.7 Å². The summed E-state index contributed by atoms with van der Waals surface area (Å²) in [7, 11) is 0. The van der Waals surface area contributed by atoms with Crippen LogP contribution in [0, 0.1) is 0 Å². The summed E-state index contributed by atoms with van der Waals surface area (Å²) < 4.78 is 7.66. The molecule has 0 aliphatic heterocycles. The second-order valence-electron chi connectivity index (χ2n) is 5.91. The predicted octanol–water partition coefficient (Wildman–Crippen LogP) is 3.83. The second-order valence-corrected chi connectivity index (χ2v) is 5.91. The van der Waals surface area contributed by atoms with Crippen molar-refractivity contribution in [3.63, 3.8) is 0 Å². The van der Waals surface area contributed by atoms with Gasteiger partial charge in [-0.25, -0.2) is 4.79 Å². The first kappa shape index (κ1) is 14.5. The smallest absolute Gasteiger partial charge is 0.341 e. The Labute approximate surface area is 137 Å². The van der Waals surface area contributed by atoms with Crippen molar-refractivity contribution in [1.82, 2.24) is 4.57 Å². The Balaban J connectivity index is 1.87. The summed E-state index contributed by atoms with van der Waals surface area (Å²) in [4.78, 5) is 23.9. The maximum Gasteiger partial charge on any atom is 0.341 e. The van der Waals surface area contributed by atoms with Crippen molar-refractivity contribution in [3.05, 3.63) is 70.5 Å². The van der Waals surface area contributed by atoms with Gasteiger partial charge in [0, 0.05) is 12.2 Å². The van der Waals surface area contributed by atoms with E-state index in [-0.39, 0.29) is 11.6 Å². The van der Waals surface area contributed by atoms with Crippen molar-refractivity contribution < 1.29 is 14.6 Å². The van der Waals surface area contributed by atoms with Gasteiger partial charge in [0.15, 0.2) is 0 Å². The molecule has 1 fully saturated rings. The molecule has 5 nitrogen and oxygen atoms in total. The topological polar surface area (TPSA) is 68.5 Å². The highest BCUT2D eigenvalue weighted by molar-refractivity contribution is 5.93. The summed E-state index contributed by atoms with van der Waals surface area (Å²) in [5.41, 5.74) is 0.0621. The fourth-order valence-electron chi connectivity index (χ4n) is 2.83. The Morgan fingerprint density at radius 3 is 2.50 bits per heavy atom. The molecule has 120 valence electrons. The van der Waals surface area contributed by atoms with E-state index in [1.54, 1.807) is 12.1 Å². The number of hydrogen-bond acceptors (Lipinski definition) is 3. The van der Waals surface area contributed by atoms with E-state index in [2.05, 4.69) is 0 Å². The van der Waals surface area contributed by atoms with E-state index in [1.807, 2.05) is 41.0 Å². The molecule has 0 atom stereocenters. The first-order valence-electron chi connectivity index (χ1n) is 7.78. The average molecular weight is 321 g/mol. The first-order valence-corrected chi connectivity index (χ1v) is 7.78. The van der Waals surface area contributed by atoms with Gasteiger partial charge < -0.3 is 14.4 Å². The molecule has 1 N–H and O–H groups in total. The second kappa shape index (κ2) is 5.53. The van der Waals surface area contributed by atoms with E-state index in [4.69, 9.17) is 4.74 Å². The monoisotopic (exact) mass is 321 g/mol. The van der Waals surface area contributed by atoms with Crippen LogP contribution < -0.4 is 10.2 Å². The lowest BCUT2D eigenvalue weighted by Crippen LogP contribution is -2.18. The SMILES string of the molecule is O=C(O)c1cn(C2CC2)c2ccc(Oc3ccccc3)cc2c1=O. The average Bonchev–Trinajstić information content (AvgIpc) is 3.41. The number of fused-ring (bicyclic) bond motifs is 1. The van der Waals surface area contributed by atoms with Crippen LogP contribution in [0.5, 0.6) is 11.5 Å². The van der Waals surface area contributed by atoms with Gasteiger partial charge in [0.2, 0.25) is 5.43 Å². The first-order chi connectivity index (χ1) is 11.6. The number of para-hydroxylation sites is 1. The number of aromatic nitrogens is 1. The van der Waals surface area contributed by atoms with Crippen LogP contribution in [0.4, 0.5) is 0 Å². The number of aromatic carboxylic acids is 1. The summed E-state index contributed by atoms with van der Waals surface area (Å²) in [5, 5.41) is 9.68. The van der Waals surface area contributed by atoms with Gasteiger partial charge in [-0.15, -0.1) is 0 Å². The predicted molar refractivity (Wildman–Crippen MR) is 90.0 cm³/mol. The van der Waals surface area contributed by atoms with E-state index in [0.717, 1.165) is 18.4 Å². The Morgan fingerprint density at radius 1 is 1.08 bits per heavy atom. The van der Waals surface area contributed by atoms with E-state index < -0.39 is 11.4 Å². The minimum Gasteiger partial charge on any atom is -0.477 e. The molecule has 0 spiro atoms. The van der Waals surface area contributed by atoms with Gasteiger partial charge in [-0.05, 0) is 43.2 Å². The zero-order chi connectivity index (χ0) is 16.7. The van der Waals surface area contributed by atoms with Crippen LogP contribution in [0.2, 0.25) is 0 Å². The van der Waals surface area contributed by atoms with Crippen LogP contribution >= 0.6 is 0 Å². The maximum atomic E-state index is 12.5. The van der Waals surface area contributed by atoms with Crippen molar-refractivity contribution in [3.8, 4) is 11.5 Å². The van der Waals surface area contributed by atoms with Crippen LogP contribution in [0.3, 0.4) is 0 Å². The molecule has 0 saturated heterocycles. The number of hydrogen-bond donors (Lipinski definition) is 1. The minimum absolute atomic E-state index is 0.203. The summed E-state index contributed by atoms with van der Waals surface area (Å²) in [6.45, 7) is 0. The lowest BCUT2D eigenvalue weighted by molar-refractivity contribution is 0.0695. The van der Waals surface area contributed by atoms with Crippen LogP contribution in [0.15, 0.2) is 59.5 Å². The van der Waals surface area contributed by atoms with E-state index in [0.29, 0.717) is 16.9 Å². The molecule has 1 heterocycles. The zero-order valence-corrected chi connectivity index (χ0v) is 12.8. The zero-order valence-electron chi connectivity index (χ0n) is 12.8. The Hall–Kier alpha value is -3.08. The molecule has 0 amide bonds. The molecule has 1 aliphatic rings. The van der Waals surface area contributed by atoms with Crippen molar-refractivity contribution in [1.29, 1.82) is 0 Å². The van der Waals surface area contributed by atoms with Crippen LogP contribution in [0.1, 0.15) is 29.2 Å². The summed E-state index contributed by atoms with van der Waals surface area (Å²) in [5.74, 6) is -0.0323. The Bertz CT molecular complexity index is 987. The van der Waals surface area contributed by atoms with Gasteiger partial charge in [-0.2, -0.15) is 0 Å². The lowest BCUT2D eigenvalue weighted by Gasteiger charge is -2.13. The van der Waals surface area contributed by atoms with Gasteiger partial charge >= 0.3 is 5.97 Å². The number of rotatable bonds is 4. The number of ether oxygens (including phenoxy) is 1. The molecule has 1 saturated carbocycles. The summed E-state index contributed by atoms with van der Waals surface area (Å²) in [6, 6.07) is 14.8. The van der Waals surface area contributed by atoms with Crippen molar-refractivity contribution >= 4 is 16.9 Å². The van der Waals surface area contributed by atoms with Gasteiger partial charge in [0.25, 0.3) is 0 Å². The highest BCUT2D eigenvalue weighted by Crippen LogP contribution is 2.37.